The average Bonchev–Trinajstić information content (AvgIpc) is 2.85. The number of halogens is 2. The molecule has 0 atom stereocenters. The van der Waals surface area contributed by atoms with Crippen LogP contribution in [0.15, 0.2) is 65.8 Å². The summed E-state index contributed by atoms with van der Waals surface area (Å²) >= 11 is 12.0. The highest BCUT2D eigenvalue weighted by Gasteiger charge is 2.13. The molecule has 0 unspecified atom stereocenters. The van der Waals surface area contributed by atoms with Crippen molar-refractivity contribution in [2.24, 2.45) is 5.10 Å². The molecule has 34 heavy (non-hydrogen) atoms. The molecule has 0 bridgehead atoms. The molecular formula is C24H21Cl2N3O5. The zero-order chi connectivity index (χ0) is 24.5. The number of hydrogen-bond acceptors (Lipinski definition) is 6. The van der Waals surface area contributed by atoms with Gasteiger partial charge in [0.1, 0.15) is 12.4 Å². The minimum atomic E-state index is -0.916. The third kappa shape index (κ3) is 6.87. The maximum atomic E-state index is 12.0. The second kappa shape index (κ2) is 11.9. The van der Waals surface area contributed by atoms with Crippen molar-refractivity contribution in [3.8, 4) is 17.2 Å². The molecule has 0 saturated carbocycles. The Balaban J connectivity index is 1.55. The Bertz CT molecular complexity index is 1200. The number of anilines is 1. The number of methoxy groups -OCH3 is 2. The number of carbonyl (C=O) groups is 2. The summed E-state index contributed by atoms with van der Waals surface area (Å²) in [6.45, 7) is 0.264. The lowest BCUT2D eigenvalue weighted by Crippen LogP contribution is -2.32. The van der Waals surface area contributed by atoms with Crippen LogP contribution in [0.3, 0.4) is 0 Å². The van der Waals surface area contributed by atoms with E-state index in [1.165, 1.54) is 20.4 Å². The Morgan fingerprint density at radius 1 is 0.882 bits per heavy atom. The van der Waals surface area contributed by atoms with Gasteiger partial charge < -0.3 is 19.5 Å². The van der Waals surface area contributed by atoms with Gasteiger partial charge in [-0.3, -0.25) is 9.59 Å². The van der Waals surface area contributed by atoms with Crippen LogP contribution in [0.5, 0.6) is 17.2 Å². The third-order valence-corrected chi connectivity index (χ3v) is 5.24. The van der Waals surface area contributed by atoms with Crippen LogP contribution in [0.2, 0.25) is 10.0 Å². The maximum Gasteiger partial charge on any atom is 0.329 e. The van der Waals surface area contributed by atoms with Crippen molar-refractivity contribution in [2.75, 3.05) is 19.5 Å². The van der Waals surface area contributed by atoms with Crippen LogP contribution in [0, 0.1) is 0 Å². The minimum Gasteiger partial charge on any atom is -0.497 e. The minimum absolute atomic E-state index is 0.264. The van der Waals surface area contributed by atoms with E-state index in [2.05, 4.69) is 15.8 Å². The molecule has 2 N–H and O–H groups in total. The lowest BCUT2D eigenvalue weighted by molar-refractivity contribution is -0.136. The van der Waals surface area contributed by atoms with Crippen molar-refractivity contribution in [3.05, 3.63) is 81.8 Å². The van der Waals surface area contributed by atoms with Gasteiger partial charge in [-0.15, -0.1) is 0 Å². The summed E-state index contributed by atoms with van der Waals surface area (Å²) in [4.78, 5) is 24.0. The molecule has 0 aromatic heterocycles. The van der Waals surface area contributed by atoms with Gasteiger partial charge in [0.2, 0.25) is 0 Å². The second-order valence-corrected chi connectivity index (χ2v) is 7.64. The first kappa shape index (κ1) is 24.9. The third-order valence-electron chi connectivity index (χ3n) is 4.50. The molecule has 0 aliphatic carbocycles. The van der Waals surface area contributed by atoms with E-state index in [0.29, 0.717) is 38.5 Å². The molecule has 0 aliphatic rings. The van der Waals surface area contributed by atoms with Gasteiger partial charge in [0.05, 0.1) is 30.5 Å². The van der Waals surface area contributed by atoms with E-state index in [9.17, 15) is 9.59 Å². The van der Waals surface area contributed by atoms with Gasteiger partial charge in [-0.1, -0.05) is 29.3 Å². The van der Waals surface area contributed by atoms with Gasteiger partial charge in [0.15, 0.2) is 11.5 Å². The molecule has 10 heteroatoms. The molecule has 3 aromatic rings. The lowest BCUT2D eigenvalue weighted by atomic mass is 10.2. The Morgan fingerprint density at radius 2 is 1.65 bits per heavy atom. The SMILES string of the molecule is COc1ccc(NC(=O)C(=O)N/N=C\c2ccc(OCc3ccc(Cl)c(Cl)c3)c(OC)c2)cc1. The van der Waals surface area contributed by atoms with Crippen molar-refractivity contribution in [1.29, 1.82) is 0 Å². The molecule has 0 heterocycles. The first-order valence-electron chi connectivity index (χ1n) is 9.93. The van der Waals surface area contributed by atoms with Crippen LogP contribution >= 0.6 is 23.2 Å². The molecule has 2 amide bonds. The van der Waals surface area contributed by atoms with E-state index < -0.39 is 11.8 Å². The van der Waals surface area contributed by atoms with Crippen LogP contribution in [-0.2, 0) is 16.2 Å². The first-order valence-corrected chi connectivity index (χ1v) is 10.7. The molecule has 3 aromatic carbocycles. The Kier molecular flexibility index (Phi) is 8.73. The quantitative estimate of drug-likeness (QED) is 0.265. The summed E-state index contributed by atoms with van der Waals surface area (Å²) in [5, 5.41) is 7.20. The van der Waals surface area contributed by atoms with E-state index in [1.807, 2.05) is 6.07 Å². The van der Waals surface area contributed by atoms with Gasteiger partial charge >= 0.3 is 11.8 Å². The predicted molar refractivity (Wildman–Crippen MR) is 131 cm³/mol. The number of rotatable bonds is 8. The Morgan fingerprint density at radius 3 is 2.32 bits per heavy atom. The van der Waals surface area contributed by atoms with Crippen molar-refractivity contribution < 1.29 is 23.8 Å². The number of hydrazone groups is 1. The second-order valence-electron chi connectivity index (χ2n) is 6.83. The summed E-state index contributed by atoms with van der Waals surface area (Å²) in [5.74, 6) is -0.166. The standard InChI is InChI=1S/C24H21Cl2N3O5/c1-32-18-7-5-17(6-8-18)28-23(30)24(31)29-27-13-15-4-10-21(22(12-15)33-2)34-14-16-3-9-19(25)20(26)11-16/h3-13H,14H2,1-2H3,(H,28,30)(H,29,31)/b27-13-. The van der Waals surface area contributed by atoms with Gasteiger partial charge in [0, 0.05) is 5.69 Å². The van der Waals surface area contributed by atoms with Crippen molar-refractivity contribution in [3.63, 3.8) is 0 Å². The summed E-state index contributed by atoms with van der Waals surface area (Å²) in [6.07, 6.45) is 1.38. The first-order chi connectivity index (χ1) is 16.4. The number of ether oxygens (including phenoxy) is 3. The molecule has 0 radical (unpaired) electrons. The average molecular weight is 502 g/mol. The fourth-order valence-corrected chi connectivity index (χ4v) is 3.07. The van der Waals surface area contributed by atoms with E-state index in [4.69, 9.17) is 37.4 Å². The Hall–Kier alpha value is -3.75. The number of hydrogen-bond donors (Lipinski definition) is 2. The van der Waals surface area contributed by atoms with E-state index in [1.54, 1.807) is 54.6 Å². The molecule has 176 valence electrons. The molecule has 0 fully saturated rings. The monoisotopic (exact) mass is 501 g/mol. The fourth-order valence-electron chi connectivity index (χ4n) is 2.75. The van der Waals surface area contributed by atoms with E-state index >= 15 is 0 Å². The van der Waals surface area contributed by atoms with Crippen LogP contribution < -0.4 is 25.0 Å². The largest absolute Gasteiger partial charge is 0.497 e. The van der Waals surface area contributed by atoms with Crippen LogP contribution in [0.1, 0.15) is 11.1 Å². The van der Waals surface area contributed by atoms with Crippen molar-refractivity contribution >= 4 is 46.9 Å². The zero-order valence-corrected chi connectivity index (χ0v) is 19.8. The molecular weight excluding hydrogens is 481 g/mol. The number of nitrogens with one attached hydrogen (secondary N) is 2. The van der Waals surface area contributed by atoms with E-state index in [-0.39, 0.29) is 6.61 Å². The van der Waals surface area contributed by atoms with Gasteiger partial charge in [-0.25, -0.2) is 5.43 Å². The lowest BCUT2D eigenvalue weighted by Gasteiger charge is -2.11. The molecule has 0 spiro atoms. The highest BCUT2D eigenvalue weighted by atomic mass is 35.5. The highest BCUT2D eigenvalue weighted by molar-refractivity contribution is 6.42. The fraction of sp³-hybridized carbons (Fsp3) is 0.125. The molecule has 8 nitrogen and oxygen atoms in total. The van der Waals surface area contributed by atoms with Gasteiger partial charge in [-0.2, -0.15) is 5.10 Å². The van der Waals surface area contributed by atoms with Crippen LogP contribution in [-0.4, -0.2) is 32.2 Å². The molecule has 0 saturated heterocycles. The summed E-state index contributed by atoms with van der Waals surface area (Å²) in [7, 11) is 3.04. The van der Waals surface area contributed by atoms with Crippen molar-refractivity contribution in [2.45, 2.75) is 6.61 Å². The van der Waals surface area contributed by atoms with Gasteiger partial charge in [0.25, 0.3) is 0 Å². The topological polar surface area (TPSA) is 98.2 Å². The number of benzene rings is 3. The van der Waals surface area contributed by atoms with Crippen molar-refractivity contribution in [1.82, 2.24) is 5.43 Å². The smallest absolute Gasteiger partial charge is 0.329 e. The zero-order valence-electron chi connectivity index (χ0n) is 18.3. The number of carbonyl (C=O) groups excluding carboxylic acids is 2. The Labute approximate surface area is 206 Å². The summed E-state index contributed by atoms with van der Waals surface area (Å²) in [6, 6.07) is 16.9. The predicted octanol–water partition coefficient (Wildman–Crippen LogP) is 4.68. The van der Waals surface area contributed by atoms with Crippen LogP contribution in [0.25, 0.3) is 0 Å². The maximum absolute atomic E-state index is 12.0. The molecule has 3 rings (SSSR count). The number of amides is 2. The summed E-state index contributed by atoms with van der Waals surface area (Å²) < 4.78 is 16.2. The van der Waals surface area contributed by atoms with Gasteiger partial charge in [-0.05, 0) is 65.7 Å². The van der Waals surface area contributed by atoms with Crippen LogP contribution in [0.4, 0.5) is 5.69 Å². The number of nitrogens with zero attached hydrogens (tertiary/aromatic N) is 1. The highest BCUT2D eigenvalue weighted by Crippen LogP contribution is 2.29. The normalized spacial score (nSPS) is 10.6. The van der Waals surface area contributed by atoms with E-state index in [0.717, 1.165) is 5.56 Å². The summed E-state index contributed by atoms with van der Waals surface area (Å²) in [5.41, 5.74) is 4.10. The molecule has 0 aliphatic heterocycles.